The summed E-state index contributed by atoms with van der Waals surface area (Å²) in [6.45, 7) is 0. The van der Waals surface area contributed by atoms with E-state index in [9.17, 15) is 9.90 Å². The number of aryl methyl sites for hydroxylation is 2. The van der Waals surface area contributed by atoms with Gasteiger partial charge in [0.2, 0.25) is 5.91 Å². The number of amides is 1. The van der Waals surface area contributed by atoms with Gasteiger partial charge in [-0.25, -0.2) is 9.97 Å². The largest absolute Gasteiger partial charge is 0.508 e. The van der Waals surface area contributed by atoms with Crippen molar-refractivity contribution in [1.82, 2.24) is 9.97 Å². The first-order valence-electron chi connectivity index (χ1n) is 11.0. The lowest BCUT2D eigenvalue weighted by atomic mass is 9.91. The van der Waals surface area contributed by atoms with Gasteiger partial charge in [-0.05, 0) is 53.8 Å². The van der Waals surface area contributed by atoms with Crippen molar-refractivity contribution in [3.63, 3.8) is 0 Å². The molecule has 0 bridgehead atoms. The lowest BCUT2D eigenvalue weighted by molar-refractivity contribution is -0.115. The Morgan fingerprint density at radius 3 is 2.45 bits per heavy atom. The minimum atomic E-state index is -0.133. The zero-order valence-electron chi connectivity index (χ0n) is 18.0. The highest BCUT2D eigenvalue weighted by molar-refractivity contribution is 5.93. The molecule has 5 heteroatoms. The average molecular weight is 434 g/mol. The fourth-order valence-electron chi connectivity index (χ4n) is 4.05. The highest BCUT2D eigenvalue weighted by Crippen LogP contribution is 2.34. The zero-order valence-corrected chi connectivity index (χ0v) is 18.0. The molecule has 3 aromatic carbocycles. The van der Waals surface area contributed by atoms with Crippen LogP contribution in [0.1, 0.15) is 28.1 Å². The van der Waals surface area contributed by atoms with E-state index in [1.165, 1.54) is 0 Å². The maximum absolute atomic E-state index is 12.8. The van der Waals surface area contributed by atoms with Gasteiger partial charge in [-0.1, -0.05) is 66.7 Å². The summed E-state index contributed by atoms with van der Waals surface area (Å²) in [5.41, 5.74) is 6.23. The van der Waals surface area contributed by atoms with Crippen molar-refractivity contribution in [2.45, 2.75) is 19.3 Å². The minimum Gasteiger partial charge on any atom is -0.508 e. The summed E-state index contributed by atoms with van der Waals surface area (Å²) < 4.78 is 0. The number of carbonyl (C=O) groups is 1. The second kappa shape index (κ2) is 9.09. The second-order valence-corrected chi connectivity index (χ2v) is 8.05. The summed E-state index contributed by atoms with van der Waals surface area (Å²) in [5, 5.41) is 12.8. The second-order valence-electron chi connectivity index (χ2n) is 8.05. The lowest BCUT2D eigenvalue weighted by Crippen LogP contribution is -2.19. The number of anilines is 1. The predicted octanol–water partition coefficient (Wildman–Crippen LogP) is 5.30. The van der Waals surface area contributed by atoms with Gasteiger partial charge in [-0.3, -0.25) is 4.79 Å². The summed E-state index contributed by atoms with van der Waals surface area (Å²) >= 11 is 0. The van der Waals surface area contributed by atoms with Crippen molar-refractivity contribution in [1.29, 1.82) is 0 Å². The summed E-state index contributed by atoms with van der Waals surface area (Å²) in [7, 11) is 0. The predicted molar refractivity (Wildman–Crippen MR) is 131 cm³/mol. The molecule has 1 aliphatic rings. The van der Waals surface area contributed by atoms with Crippen molar-refractivity contribution in [3.05, 3.63) is 107 Å². The summed E-state index contributed by atoms with van der Waals surface area (Å²) in [6, 6.07) is 24.9. The Hall–Kier alpha value is -4.25. The van der Waals surface area contributed by atoms with Crippen LogP contribution in [0.15, 0.2) is 78.9 Å². The molecule has 0 saturated heterocycles. The van der Waals surface area contributed by atoms with Gasteiger partial charge in [0.1, 0.15) is 11.4 Å². The van der Waals surface area contributed by atoms with Crippen LogP contribution in [-0.2, 0) is 24.1 Å². The molecule has 1 heterocycles. The quantitative estimate of drug-likeness (QED) is 0.448. The summed E-state index contributed by atoms with van der Waals surface area (Å²) in [5.74, 6) is 0.578. The third-order valence-electron chi connectivity index (χ3n) is 5.67. The van der Waals surface area contributed by atoms with E-state index in [4.69, 9.17) is 9.97 Å². The van der Waals surface area contributed by atoms with Crippen molar-refractivity contribution >= 4 is 23.9 Å². The van der Waals surface area contributed by atoms with E-state index in [0.717, 1.165) is 40.1 Å². The molecule has 0 spiro atoms. The molecule has 0 radical (unpaired) electrons. The first-order chi connectivity index (χ1) is 16.2. The van der Waals surface area contributed by atoms with E-state index in [2.05, 4.69) is 5.32 Å². The highest BCUT2D eigenvalue weighted by Gasteiger charge is 2.22. The number of hydrogen-bond acceptors (Lipinski definition) is 4. The van der Waals surface area contributed by atoms with Gasteiger partial charge >= 0.3 is 0 Å². The Labute approximate surface area is 192 Å². The number of phenols is 1. The van der Waals surface area contributed by atoms with Gasteiger partial charge in [-0.15, -0.1) is 0 Å². The van der Waals surface area contributed by atoms with E-state index < -0.39 is 0 Å². The molecule has 1 aliphatic carbocycles. The maximum Gasteiger partial charge on any atom is 0.230 e. The van der Waals surface area contributed by atoms with Crippen LogP contribution in [0.3, 0.4) is 0 Å². The number of aromatic hydroxyl groups is 1. The van der Waals surface area contributed by atoms with Gasteiger partial charge in [0.15, 0.2) is 5.82 Å². The third kappa shape index (κ3) is 4.67. The molecule has 2 N–H and O–H groups in total. The number of benzene rings is 3. The molecule has 1 aromatic heterocycles. The van der Waals surface area contributed by atoms with Crippen LogP contribution in [0.2, 0.25) is 0 Å². The fourth-order valence-corrected chi connectivity index (χ4v) is 4.05. The Kier molecular flexibility index (Phi) is 5.68. The highest BCUT2D eigenvalue weighted by atomic mass is 16.3. The van der Waals surface area contributed by atoms with Crippen LogP contribution in [-0.4, -0.2) is 21.0 Å². The molecular formula is C28H23N3O2. The lowest BCUT2D eigenvalue weighted by Gasteiger charge is -2.20. The first kappa shape index (κ1) is 20.6. The van der Waals surface area contributed by atoms with Gasteiger partial charge in [0.05, 0.1) is 17.8 Å². The molecule has 5 rings (SSSR count). The van der Waals surface area contributed by atoms with Crippen molar-refractivity contribution in [3.8, 4) is 17.0 Å². The molecule has 0 aliphatic heterocycles. The van der Waals surface area contributed by atoms with E-state index in [1.54, 1.807) is 12.1 Å². The number of nitrogens with zero attached hydrogens (tertiary/aromatic N) is 2. The number of rotatable bonds is 5. The van der Waals surface area contributed by atoms with Gasteiger partial charge < -0.3 is 10.4 Å². The van der Waals surface area contributed by atoms with E-state index in [0.29, 0.717) is 17.9 Å². The minimum absolute atomic E-state index is 0.133. The molecule has 5 nitrogen and oxygen atoms in total. The topological polar surface area (TPSA) is 75.1 Å². The van der Waals surface area contributed by atoms with Crippen molar-refractivity contribution < 1.29 is 9.90 Å². The van der Waals surface area contributed by atoms with Crippen molar-refractivity contribution in [2.75, 3.05) is 5.32 Å². The number of nitrogens with one attached hydrogen (secondary N) is 1. The van der Waals surface area contributed by atoms with Crippen LogP contribution < -0.4 is 5.32 Å². The number of hydrogen-bond donors (Lipinski definition) is 2. The number of aromatic nitrogens is 2. The summed E-state index contributed by atoms with van der Waals surface area (Å²) in [6.07, 6.45) is 5.58. The monoisotopic (exact) mass is 433 g/mol. The van der Waals surface area contributed by atoms with Crippen molar-refractivity contribution in [2.24, 2.45) is 0 Å². The van der Waals surface area contributed by atoms with Crippen LogP contribution in [0.25, 0.3) is 23.4 Å². The van der Waals surface area contributed by atoms with Gasteiger partial charge in [0, 0.05) is 5.56 Å². The molecule has 162 valence electrons. The van der Waals surface area contributed by atoms with E-state index in [1.807, 2.05) is 78.9 Å². The molecule has 0 fully saturated rings. The molecule has 1 amide bonds. The number of carbonyl (C=O) groups excluding carboxylic acids is 1. The first-order valence-corrected chi connectivity index (χ1v) is 11.0. The van der Waals surface area contributed by atoms with E-state index in [-0.39, 0.29) is 18.1 Å². The van der Waals surface area contributed by atoms with Crippen LogP contribution in [0, 0.1) is 0 Å². The van der Waals surface area contributed by atoms with E-state index >= 15 is 0 Å². The summed E-state index contributed by atoms with van der Waals surface area (Å²) in [4.78, 5) is 22.5. The normalized spacial score (nSPS) is 12.2. The van der Waals surface area contributed by atoms with Crippen LogP contribution in [0.4, 0.5) is 5.82 Å². The Bertz CT molecular complexity index is 1330. The number of fused-ring (bicyclic) bond motifs is 3. The maximum atomic E-state index is 12.8. The fraction of sp³-hybridized carbons (Fsp3) is 0.107. The average Bonchev–Trinajstić information content (AvgIpc) is 2.83. The molecule has 0 unspecified atom stereocenters. The molecule has 0 saturated carbocycles. The molecule has 33 heavy (non-hydrogen) atoms. The Morgan fingerprint density at radius 2 is 1.67 bits per heavy atom. The van der Waals surface area contributed by atoms with Gasteiger partial charge in [-0.2, -0.15) is 0 Å². The molecule has 0 atom stereocenters. The molecule has 4 aromatic rings. The van der Waals surface area contributed by atoms with Gasteiger partial charge in [0.25, 0.3) is 0 Å². The van der Waals surface area contributed by atoms with Crippen LogP contribution >= 0.6 is 0 Å². The Morgan fingerprint density at radius 1 is 0.909 bits per heavy atom. The van der Waals surface area contributed by atoms with Crippen LogP contribution in [0.5, 0.6) is 5.75 Å². The third-order valence-corrected chi connectivity index (χ3v) is 5.67. The Balaban J connectivity index is 1.52. The SMILES string of the molecule is O=C(Cc1ccccc1)Nc1nc2c(nc1C=Cc1ccccc1)-c1ccc(O)cc1CC2. The standard InChI is InChI=1S/C28H23N3O2/c32-22-13-14-23-21(18-22)12-16-24-27(23)29-25(15-11-19-7-3-1-4-8-19)28(30-24)31-26(33)17-20-9-5-2-6-10-20/h1-11,13-15,18,32H,12,16-17H2,(H,30,31,33). The number of phenolic OH excluding ortho intramolecular Hbond substituents is 1. The zero-order chi connectivity index (χ0) is 22.6. The smallest absolute Gasteiger partial charge is 0.230 e. The molecular weight excluding hydrogens is 410 g/mol.